The molecule has 1 aliphatic heterocycles. The van der Waals surface area contributed by atoms with Crippen molar-refractivity contribution >= 4 is 28.2 Å². The number of halogens is 1. The normalized spacial score (nSPS) is 28.3. The van der Waals surface area contributed by atoms with Crippen LogP contribution >= 0.6 is 12.4 Å². The van der Waals surface area contributed by atoms with Crippen LogP contribution < -0.4 is 10.6 Å². The molecule has 1 saturated carbocycles. The summed E-state index contributed by atoms with van der Waals surface area (Å²) in [5.74, 6) is 0.146. The molecule has 1 aliphatic carbocycles. The van der Waals surface area contributed by atoms with E-state index in [0.29, 0.717) is 12.5 Å². The Hall–Kier alpha value is -0.330. The van der Waals surface area contributed by atoms with Crippen molar-refractivity contribution in [3.05, 3.63) is 0 Å². The first-order valence-corrected chi connectivity index (χ1v) is 9.06. The maximum atomic E-state index is 12.1. The van der Waals surface area contributed by atoms with Gasteiger partial charge in [0, 0.05) is 24.8 Å². The molecule has 0 aromatic heterocycles. The average molecular weight is 325 g/mol. The summed E-state index contributed by atoms with van der Waals surface area (Å²) in [4.78, 5) is 12.1. The second-order valence-electron chi connectivity index (χ2n) is 6.31. The topological polar surface area (TPSA) is 75.3 Å². The molecule has 0 bridgehead atoms. The van der Waals surface area contributed by atoms with Gasteiger partial charge in [0.2, 0.25) is 5.91 Å². The molecule has 1 saturated heterocycles. The van der Waals surface area contributed by atoms with Crippen LogP contribution in [0.3, 0.4) is 0 Å². The van der Waals surface area contributed by atoms with Gasteiger partial charge in [-0.2, -0.15) is 0 Å². The predicted octanol–water partition coefficient (Wildman–Crippen LogP) is 0.880. The Balaban J connectivity index is 0.00000200. The summed E-state index contributed by atoms with van der Waals surface area (Å²) in [6.07, 6.45) is 5.38. The zero-order valence-electron chi connectivity index (χ0n) is 12.1. The second kappa shape index (κ2) is 6.62. The van der Waals surface area contributed by atoms with Crippen molar-refractivity contribution in [2.75, 3.05) is 18.6 Å². The van der Waals surface area contributed by atoms with Crippen molar-refractivity contribution in [3.8, 4) is 0 Å². The largest absolute Gasteiger partial charge is 0.352 e. The molecule has 2 rings (SSSR count). The van der Waals surface area contributed by atoms with Crippen molar-refractivity contribution in [3.63, 3.8) is 0 Å². The van der Waals surface area contributed by atoms with E-state index in [1.54, 1.807) is 0 Å². The molecule has 1 heterocycles. The molecule has 2 fully saturated rings. The smallest absolute Gasteiger partial charge is 0.220 e. The van der Waals surface area contributed by atoms with Crippen LogP contribution in [0.2, 0.25) is 0 Å². The van der Waals surface area contributed by atoms with Gasteiger partial charge in [0.05, 0.1) is 5.75 Å². The molecule has 0 radical (unpaired) electrons. The van der Waals surface area contributed by atoms with E-state index >= 15 is 0 Å². The Labute approximate surface area is 127 Å². The molecule has 20 heavy (non-hydrogen) atoms. The summed E-state index contributed by atoms with van der Waals surface area (Å²) in [5, 5.41) is 6.40. The van der Waals surface area contributed by atoms with Crippen molar-refractivity contribution < 1.29 is 13.2 Å². The molecule has 2 N–H and O–H groups in total. The minimum Gasteiger partial charge on any atom is -0.352 e. The van der Waals surface area contributed by atoms with E-state index in [1.165, 1.54) is 6.26 Å². The van der Waals surface area contributed by atoms with Crippen molar-refractivity contribution in [1.82, 2.24) is 10.6 Å². The number of sulfone groups is 1. The molecule has 5 nitrogen and oxygen atoms in total. The highest BCUT2D eigenvalue weighted by Crippen LogP contribution is 2.49. The van der Waals surface area contributed by atoms with Crippen LogP contribution in [0.25, 0.3) is 0 Å². The molecule has 2 unspecified atom stereocenters. The number of carbonyl (C=O) groups excluding carboxylic acids is 1. The van der Waals surface area contributed by atoms with Gasteiger partial charge in [-0.1, -0.05) is 0 Å². The first kappa shape index (κ1) is 17.7. The van der Waals surface area contributed by atoms with Gasteiger partial charge in [-0.3, -0.25) is 4.79 Å². The predicted molar refractivity (Wildman–Crippen MR) is 81.9 cm³/mol. The average Bonchev–Trinajstić information content (AvgIpc) is 2.98. The van der Waals surface area contributed by atoms with Gasteiger partial charge < -0.3 is 10.6 Å². The lowest BCUT2D eigenvalue weighted by molar-refractivity contribution is -0.123. The highest BCUT2D eigenvalue weighted by Gasteiger charge is 2.46. The highest BCUT2D eigenvalue weighted by atomic mass is 35.5. The van der Waals surface area contributed by atoms with Crippen LogP contribution in [0.1, 0.15) is 39.0 Å². The molecule has 2 atom stereocenters. The number of amides is 1. The fourth-order valence-electron chi connectivity index (χ4n) is 2.94. The van der Waals surface area contributed by atoms with E-state index in [9.17, 15) is 13.2 Å². The molecule has 2 aliphatic rings. The van der Waals surface area contributed by atoms with Gasteiger partial charge in [-0.25, -0.2) is 8.42 Å². The number of piperidine rings is 1. The first-order chi connectivity index (χ1) is 8.80. The maximum Gasteiger partial charge on any atom is 0.220 e. The number of nitrogens with one attached hydrogen (secondary N) is 2. The van der Waals surface area contributed by atoms with E-state index in [4.69, 9.17) is 0 Å². The summed E-state index contributed by atoms with van der Waals surface area (Å²) in [6, 6.07) is 0.470. The SMILES string of the molecule is CC1NCCCC1NC(=O)CC1(CS(C)(=O)=O)CC1.Cl. The molecule has 118 valence electrons. The number of hydrogen-bond donors (Lipinski definition) is 2. The van der Waals surface area contributed by atoms with Crippen molar-refractivity contribution in [1.29, 1.82) is 0 Å². The van der Waals surface area contributed by atoms with Gasteiger partial charge in [0.1, 0.15) is 9.84 Å². The summed E-state index contributed by atoms with van der Waals surface area (Å²) in [5.41, 5.74) is -0.275. The third-order valence-electron chi connectivity index (χ3n) is 4.17. The summed E-state index contributed by atoms with van der Waals surface area (Å²) < 4.78 is 22.7. The van der Waals surface area contributed by atoms with E-state index < -0.39 is 9.84 Å². The molecule has 0 aromatic carbocycles. The third kappa shape index (κ3) is 5.22. The maximum absolute atomic E-state index is 12.1. The third-order valence-corrected chi connectivity index (χ3v) is 5.31. The van der Waals surface area contributed by atoms with E-state index in [0.717, 1.165) is 32.2 Å². The lowest BCUT2D eigenvalue weighted by Crippen LogP contribution is -2.52. The zero-order chi connectivity index (χ0) is 14.1. The fraction of sp³-hybridized carbons (Fsp3) is 0.923. The lowest BCUT2D eigenvalue weighted by atomic mass is 9.98. The Kier molecular flexibility index (Phi) is 5.87. The van der Waals surface area contributed by atoms with Crippen LogP contribution in [0, 0.1) is 5.41 Å². The fourth-order valence-corrected chi connectivity index (χ4v) is 4.45. The summed E-state index contributed by atoms with van der Waals surface area (Å²) >= 11 is 0. The van der Waals surface area contributed by atoms with Gasteiger partial charge in [0.25, 0.3) is 0 Å². The summed E-state index contributed by atoms with van der Waals surface area (Å²) in [6.45, 7) is 3.08. The minimum absolute atomic E-state index is 0. The van der Waals surface area contributed by atoms with Gasteiger partial charge in [-0.15, -0.1) is 12.4 Å². The first-order valence-electron chi connectivity index (χ1n) is 7.00. The van der Waals surface area contributed by atoms with Crippen LogP contribution in [-0.4, -0.2) is 45.0 Å². The quantitative estimate of drug-likeness (QED) is 0.787. The van der Waals surface area contributed by atoms with Crippen LogP contribution in [0.5, 0.6) is 0 Å². The summed E-state index contributed by atoms with van der Waals surface area (Å²) in [7, 11) is -3.00. The van der Waals surface area contributed by atoms with Crippen LogP contribution in [0.4, 0.5) is 0 Å². The Bertz CT molecular complexity index is 449. The Morgan fingerprint density at radius 3 is 2.55 bits per heavy atom. The van der Waals surface area contributed by atoms with Crippen LogP contribution in [0.15, 0.2) is 0 Å². The second-order valence-corrected chi connectivity index (χ2v) is 8.45. The minimum atomic E-state index is -3.00. The highest BCUT2D eigenvalue weighted by molar-refractivity contribution is 7.90. The molecular formula is C13H25ClN2O3S. The van der Waals surface area contributed by atoms with Crippen LogP contribution in [-0.2, 0) is 14.6 Å². The number of rotatable bonds is 5. The van der Waals surface area contributed by atoms with E-state index in [2.05, 4.69) is 17.6 Å². The van der Waals surface area contributed by atoms with Gasteiger partial charge >= 0.3 is 0 Å². The van der Waals surface area contributed by atoms with Crippen molar-refractivity contribution in [2.45, 2.75) is 51.1 Å². The van der Waals surface area contributed by atoms with E-state index in [1.807, 2.05) is 0 Å². The van der Waals surface area contributed by atoms with Gasteiger partial charge in [0.15, 0.2) is 0 Å². The lowest BCUT2D eigenvalue weighted by Gasteiger charge is -2.31. The molecule has 1 amide bonds. The van der Waals surface area contributed by atoms with Crippen molar-refractivity contribution in [2.24, 2.45) is 5.41 Å². The van der Waals surface area contributed by atoms with Gasteiger partial charge in [-0.05, 0) is 44.6 Å². The Morgan fingerprint density at radius 2 is 2.05 bits per heavy atom. The molecule has 7 heteroatoms. The number of hydrogen-bond acceptors (Lipinski definition) is 4. The molecular weight excluding hydrogens is 300 g/mol. The monoisotopic (exact) mass is 324 g/mol. The zero-order valence-corrected chi connectivity index (χ0v) is 13.8. The number of carbonyl (C=O) groups is 1. The standard InChI is InChI=1S/C13H24N2O3S.ClH/c1-10-11(4-3-7-14-10)15-12(16)8-13(5-6-13)9-19(2,17)18;/h10-11,14H,3-9H2,1-2H3,(H,15,16);1H. The van der Waals surface area contributed by atoms with E-state index in [-0.39, 0.29) is 35.5 Å². The molecule has 0 spiro atoms. The Morgan fingerprint density at radius 1 is 1.40 bits per heavy atom. The molecule has 0 aromatic rings.